The molecule has 1 saturated heterocycles. The minimum absolute atomic E-state index is 0.185. The molecule has 1 heterocycles. The van der Waals surface area contributed by atoms with Gasteiger partial charge in [0.2, 0.25) is 0 Å². The lowest BCUT2D eigenvalue weighted by atomic mass is 9.95. The maximum absolute atomic E-state index is 12.8. The van der Waals surface area contributed by atoms with Gasteiger partial charge >= 0.3 is 5.97 Å². The van der Waals surface area contributed by atoms with E-state index in [2.05, 4.69) is 0 Å². The zero-order valence-corrected chi connectivity index (χ0v) is 19.2. The molecule has 6 nitrogen and oxygen atoms in total. The van der Waals surface area contributed by atoms with Crippen molar-refractivity contribution in [2.45, 2.75) is 50.7 Å². The highest BCUT2D eigenvalue weighted by atomic mass is 16.6. The Morgan fingerprint density at radius 2 is 1.38 bits per heavy atom. The number of hydrogen-bond acceptors (Lipinski definition) is 6. The lowest BCUT2D eigenvalue weighted by Gasteiger charge is -2.43. The van der Waals surface area contributed by atoms with Crippen LogP contribution in [0.15, 0.2) is 91.0 Å². The summed E-state index contributed by atoms with van der Waals surface area (Å²) in [6.45, 7) is 2.68. The third-order valence-corrected chi connectivity index (χ3v) is 5.82. The topological polar surface area (TPSA) is 74.2 Å². The minimum atomic E-state index is -1.04. The van der Waals surface area contributed by atoms with Gasteiger partial charge in [0.15, 0.2) is 6.10 Å². The van der Waals surface area contributed by atoms with Gasteiger partial charge in [-0.15, -0.1) is 0 Å². The van der Waals surface area contributed by atoms with Gasteiger partial charge in [0.25, 0.3) is 0 Å². The maximum Gasteiger partial charge on any atom is 0.338 e. The number of benzene rings is 3. The van der Waals surface area contributed by atoms with Crippen LogP contribution in [0, 0.1) is 0 Å². The zero-order valence-electron chi connectivity index (χ0n) is 19.2. The molecule has 1 aliphatic heterocycles. The first kappa shape index (κ1) is 24.1. The number of rotatable bonds is 9. The van der Waals surface area contributed by atoms with E-state index in [1.165, 1.54) is 0 Å². The first-order chi connectivity index (χ1) is 16.6. The molecule has 0 radical (unpaired) electrons. The third-order valence-electron chi connectivity index (χ3n) is 5.82. The predicted molar refractivity (Wildman–Crippen MR) is 127 cm³/mol. The summed E-state index contributed by atoms with van der Waals surface area (Å²) in [6.07, 6.45) is -3.71. The molecule has 6 heteroatoms. The Balaban J connectivity index is 1.45. The fourth-order valence-corrected chi connectivity index (χ4v) is 4.00. The molecular formula is C28H30O6. The number of ether oxygens (including phenoxy) is 4. The second-order valence-electron chi connectivity index (χ2n) is 8.37. The molecule has 0 aromatic heterocycles. The quantitative estimate of drug-likeness (QED) is 0.482. The van der Waals surface area contributed by atoms with Gasteiger partial charge in [0.1, 0.15) is 18.3 Å². The van der Waals surface area contributed by atoms with Crippen LogP contribution in [0.3, 0.4) is 0 Å². The summed E-state index contributed by atoms with van der Waals surface area (Å²) in [7, 11) is 0. The van der Waals surface area contributed by atoms with Crippen LogP contribution >= 0.6 is 0 Å². The summed E-state index contributed by atoms with van der Waals surface area (Å²) in [6, 6.07) is 28.2. The van der Waals surface area contributed by atoms with Gasteiger partial charge in [-0.05, 0) is 30.2 Å². The van der Waals surface area contributed by atoms with Gasteiger partial charge in [-0.1, -0.05) is 78.9 Å². The molecule has 0 spiro atoms. The maximum atomic E-state index is 12.8. The van der Waals surface area contributed by atoms with Gasteiger partial charge in [-0.3, -0.25) is 0 Å². The first-order valence-electron chi connectivity index (χ1n) is 11.5. The van der Waals surface area contributed by atoms with Crippen molar-refractivity contribution in [2.24, 2.45) is 0 Å². The zero-order chi connectivity index (χ0) is 23.8. The lowest BCUT2D eigenvalue weighted by molar-refractivity contribution is -0.243. The van der Waals surface area contributed by atoms with Crippen molar-refractivity contribution in [3.8, 4) is 0 Å². The molecule has 2 unspecified atom stereocenters. The number of esters is 1. The summed E-state index contributed by atoms with van der Waals surface area (Å²) in [5.41, 5.74) is 2.42. The Morgan fingerprint density at radius 3 is 2.00 bits per heavy atom. The van der Waals surface area contributed by atoms with Crippen LogP contribution < -0.4 is 0 Å². The predicted octanol–water partition coefficient (Wildman–Crippen LogP) is 4.16. The molecule has 3 aromatic carbocycles. The van der Waals surface area contributed by atoms with Gasteiger partial charge in [-0.25, -0.2) is 4.79 Å². The summed E-state index contributed by atoms with van der Waals surface area (Å²) < 4.78 is 23.8. The van der Waals surface area contributed by atoms with Crippen LogP contribution in [-0.2, 0) is 32.2 Å². The number of carbonyl (C=O) groups is 1. The number of hydrogen-bond donors (Lipinski definition) is 1. The molecular weight excluding hydrogens is 432 g/mol. The molecule has 4 rings (SSSR count). The Bertz CT molecular complexity index is 1010. The summed E-state index contributed by atoms with van der Waals surface area (Å²) in [4.78, 5) is 12.8. The molecule has 3 aromatic rings. The van der Waals surface area contributed by atoms with Crippen LogP contribution in [0.4, 0.5) is 0 Å². The van der Waals surface area contributed by atoms with E-state index in [1.807, 2.05) is 73.7 Å². The van der Waals surface area contributed by atoms with Crippen LogP contribution in [0.25, 0.3) is 0 Å². The highest BCUT2D eigenvalue weighted by Crippen LogP contribution is 2.28. The second-order valence-corrected chi connectivity index (χ2v) is 8.37. The second kappa shape index (κ2) is 11.9. The average molecular weight is 463 g/mol. The van der Waals surface area contributed by atoms with Gasteiger partial charge in [-0.2, -0.15) is 0 Å². The van der Waals surface area contributed by atoms with Crippen LogP contribution in [0.2, 0.25) is 0 Å². The molecule has 0 bridgehead atoms. The van der Waals surface area contributed by atoms with E-state index in [9.17, 15) is 9.90 Å². The van der Waals surface area contributed by atoms with Gasteiger partial charge < -0.3 is 24.1 Å². The third kappa shape index (κ3) is 6.30. The normalized spacial score (nSPS) is 24.5. The smallest absolute Gasteiger partial charge is 0.338 e. The van der Waals surface area contributed by atoms with Crippen molar-refractivity contribution in [1.29, 1.82) is 0 Å². The number of aliphatic hydroxyl groups excluding tert-OH is 1. The van der Waals surface area contributed by atoms with E-state index in [0.29, 0.717) is 12.2 Å². The van der Waals surface area contributed by atoms with Crippen molar-refractivity contribution in [3.63, 3.8) is 0 Å². The molecule has 1 aliphatic rings. The van der Waals surface area contributed by atoms with E-state index < -0.39 is 36.5 Å². The molecule has 0 saturated carbocycles. The van der Waals surface area contributed by atoms with E-state index in [0.717, 1.165) is 11.1 Å². The van der Waals surface area contributed by atoms with E-state index in [4.69, 9.17) is 18.9 Å². The highest BCUT2D eigenvalue weighted by molar-refractivity contribution is 5.89. The Kier molecular flexibility index (Phi) is 8.44. The molecule has 1 fully saturated rings. The van der Waals surface area contributed by atoms with E-state index >= 15 is 0 Å². The van der Waals surface area contributed by atoms with Crippen LogP contribution in [-0.4, -0.2) is 48.2 Å². The average Bonchev–Trinajstić information content (AvgIpc) is 2.88. The number of carbonyl (C=O) groups excluding carboxylic acids is 1. The molecule has 0 aliphatic carbocycles. The Labute approximate surface area is 200 Å². The fourth-order valence-electron chi connectivity index (χ4n) is 4.00. The highest BCUT2D eigenvalue weighted by Gasteiger charge is 2.46. The van der Waals surface area contributed by atoms with Crippen molar-refractivity contribution < 1.29 is 28.8 Å². The molecule has 5 atom stereocenters. The van der Waals surface area contributed by atoms with Gasteiger partial charge in [0.05, 0.1) is 31.5 Å². The fraction of sp³-hybridized carbons (Fsp3) is 0.321. The van der Waals surface area contributed by atoms with Crippen molar-refractivity contribution >= 4 is 5.97 Å². The molecule has 0 amide bonds. The molecule has 178 valence electrons. The summed E-state index contributed by atoms with van der Waals surface area (Å²) >= 11 is 0. The van der Waals surface area contributed by atoms with Crippen molar-refractivity contribution in [3.05, 3.63) is 108 Å². The molecule has 1 N–H and O–H groups in total. The van der Waals surface area contributed by atoms with Crippen molar-refractivity contribution in [1.82, 2.24) is 0 Å². The van der Waals surface area contributed by atoms with E-state index in [-0.39, 0.29) is 13.2 Å². The first-order valence-corrected chi connectivity index (χ1v) is 11.5. The van der Waals surface area contributed by atoms with E-state index in [1.54, 1.807) is 24.3 Å². The largest absolute Gasteiger partial charge is 0.453 e. The van der Waals surface area contributed by atoms with Crippen LogP contribution in [0.5, 0.6) is 0 Å². The summed E-state index contributed by atoms with van der Waals surface area (Å²) in [5, 5.41) is 11.2. The van der Waals surface area contributed by atoms with Gasteiger partial charge in [0, 0.05) is 0 Å². The Hall–Kier alpha value is -3.03. The Morgan fingerprint density at radius 1 is 0.824 bits per heavy atom. The van der Waals surface area contributed by atoms with Crippen LogP contribution in [0.1, 0.15) is 28.4 Å². The summed E-state index contributed by atoms with van der Waals surface area (Å²) in [5.74, 6) is -0.486. The standard InChI is InChI=1S/C28H30O6/c1-20-26(34-28(30)23-15-9-4-10-16-23)27(32-18-22-13-7-3-8-14-22)25(29)24(33-20)19-31-17-21-11-5-2-6-12-21/h2-16,20,24-27,29H,17-19H2,1H3/t20-,24?,25+,26?,27+/m0/s1. The molecule has 34 heavy (non-hydrogen) atoms. The number of aliphatic hydroxyl groups is 1. The SMILES string of the molecule is C[C@@H]1OC(COCc2ccccc2)[C@@H](O)[C@@H](OCc2ccccc2)C1OC(=O)c1ccccc1. The monoisotopic (exact) mass is 462 g/mol. The minimum Gasteiger partial charge on any atom is -0.453 e. The lowest BCUT2D eigenvalue weighted by Crippen LogP contribution is -2.60. The van der Waals surface area contributed by atoms with Crippen molar-refractivity contribution in [2.75, 3.05) is 6.61 Å².